The molecule has 0 bridgehead atoms. The van der Waals surface area contributed by atoms with Crippen molar-refractivity contribution in [3.8, 4) is 0 Å². The molecule has 1 aromatic carbocycles. The Hall–Kier alpha value is -2.63. The van der Waals surface area contributed by atoms with E-state index in [1.807, 2.05) is 0 Å². The minimum absolute atomic E-state index is 0.647. The van der Waals surface area contributed by atoms with Gasteiger partial charge in [-0.1, -0.05) is 19.1 Å². The third kappa shape index (κ3) is 3.11. The van der Waals surface area contributed by atoms with Crippen LogP contribution in [0.3, 0.4) is 0 Å². The van der Waals surface area contributed by atoms with Gasteiger partial charge in [0.2, 0.25) is 0 Å². The van der Waals surface area contributed by atoms with Crippen molar-refractivity contribution in [1.82, 2.24) is 19.6 Å². The molecule has 0 aliphatic carbocycles. The van der Waals surface area contributed by atoms with Crippen molar-refractivity contribution in [1.29, 1.82) is 0 Å². The maximum Gasteiger partial charge on any atom is 0.254 e. The van der Waals surface area contributed by atoms with Crippen LogP contribution < -0.4 is 9.80 Å². The number of anilines is 2. The molecule has 3 rings (SSSR count). The highest BCUT2D eigenvalue weighted by Gasteiger charge is 2.11. The molecule has 6 nitrogen and oxygen atoms in total. The van der Waals surface area contributed by atoms with Gasteiger partial charge in [0.15, 0.2) is 0 Å². The Labute approximate surface area is 136 Å². The van der Waals surface area contributed by atoms with Crippen molar-refractivity contribution in [2.45, 2.75) is 19.9 Å². The maximum atomic E-state index is 4.50. The van der Waals surface area contributed by atoms with Crippen molar-refractivity contribution < 1.29 is 0 Å². The summed E-state index contributed by atoms with van der Waals surface area (Å²) >= 11 is 0. The molecule has 2 aromatic heterocycles. The minimum atomic E-state index is 0.647. The third-order valence-electron chi connectivity index (χ3n) is 3.89. The molecule has 0 saturated heterocycles. The quantitative estimate of drug-likeness (QED) is 0.724. The van der Waals surface area contributed by atoms with E-state index in [1.54, 1.807) is 10.8 Å². The van der Waals surface area contributed by atoms with Crippen LogP contribution in [0.1, 0.15) is 18.2 Å². The smallest absolute Gasteiger partial charge is 0.254 e. The van der Waals surface area contributed by atoms with Gasteiger partial charge >= 0.3 is 0 Å². The van der Waals surface area contributed by atoms with Gasteiger partial charge in [-0.15, -0.1) is 0 Å². The number of aryl methyl sites for hydroxylation is 1. The summed E-state index contributed by atoms with van der Waals surface area (Å²) in [7, 11) is 6.18. The van der Waals surface area contributed by atoms with E-state index >= 15 is 0 Å². The molecule has 2 heterocycles. The summed E-state index contributed by atoms with van der Waals surface area (Å²) in [6.45, 7) is 2.89. The molecular weight excluding hydrogens is 288 g/mol. The predicted octanol–water partition coefficient (Wildman–Crippen LogP) is 2.39. The van der Waals surface area contributed by atoms with Crippen molar-refractivity contribution in [2.24, 2.45) is 0 Å². The molecule has 0 fully saturated rings. The normalized spacial score (nSPS) is 11.0. The van der Waals surface area contributed by atoms with Crippen LogP contribution >= 0.6 is 0 Å². The molecule has 23 heavy (non-hydrogen) atoms. The van der Waals surface area contributed by atoms with Gasteiger partial charge in [-0.2, -0.15) is 14.6 Å². The lowest BCUT2D eigenvalue weighted by Crippen LogP contribution is -2.21. The second-order valence-electron chi connectivity index (χ2n) is 5.85. The fraction of sp³-hybridized carbons (Fsp3) is 0.353. The zero-order valence-corrected chi connectivity index (χ0v) is 14.1. The number of hydrogen-bond acceptors (Lipinski definition) is 5. The van der Waals surface area contributed by atoms with Crippen LogP contribution in [0.5, 0.6) is 0 Å². The Morgan fingerprint density at radius 2 is 1.96 bits per heavy atom. The van der Waals surface area contributed by atoms with Crippen LogP contribution in [-0.2, 0) is 13.0 Å². The molecule has 0 aliphatic heterocycles. The molecule has 6 heteroatoms. The second kappa shape index (κ2) is 6.24. The number of nitrogens with zero attached hydrogens (tertiary/aromatic N) is 6. The van der Waals surface area contributed by atoms with Crippen LogP contribution in [-0.4, -0.2) is 40.7 Å². The van der Waals surface area contributed by atoms with Gasteiger partial charge in [0.1, 0.15) is 12.1 Å². The van der Waals surface area contributed by atoms with Crippen molar-refractivity contribution in [3.05, 3.63) is 47.9 Å². The molecule has 3 aromatic rings. The number of benzene rings is 1. The number of rotatable bonds is 5. The van der Waals surface area contributed by atoms with Crippen LogP contribution in [0.25, 0.3) is 5.78 Å². The van der Waals surface area contributed by atoms with Gasteiger partial charge in [0.25, 0.3) is 5.78 Å². The zero-order chi connectivity index (χ0) is 16.4. The minimum Gasteiger partial charge on any atom is -0.378 e. The number of aromatic nitrogens is 4. The highest BCUT2D eigenvalue weighted by molar-refractivity contribution is 5.50. The first-order chi connectivity index (χ1) is 11.1. The van der Waals surface area contributed by atoms with Gasteiger partial charge in [0, 0.05) is 45.1 Å². The average Bonchev–Trinajstić information content (AvgIpc) is 3.02. The lowest BCUT2D eigenvalue weighted by molar-refractivity contribution is 0.821. The number of fused-ring (bicyclic) bond motifs is 1. The van der Waals surface area contributed by atoms with Gasteiger partial charge in [-0.25, -0.2) is 4.98 Å². The third-order valence-corrected chi connectivity index (χ3v) is 3.89. The molecule has 0 atom stereocenters. The fourth-order valence-corrected chi connectivity index (χ4v) is 2.59. The topological polar surface area (TPSA) is 49.6 Å². The van der Waals surface area contributed by atoms with Crippen LogP contribution in [0.15, 0.2) is 36.7 Å². The van der Waals surface area contributed by atoms with Crippen LogP contribution in [0.2, 0.25) is 0 Å². The van der Waals surface area contributed by atoms with E-state index in [4.69, 9.17) is 0 Å². The zero-order valence-electron chi connectivity index (χ0n) is 14.1. The standard InChI is InChI=1S/C17H22N6/c1-5-14-10-16(23-17(20-14)18-12-19-23)22(4)11-13-7-6-8-15(9-13)21(2)3/h6-10,12H,5,11H2,1-4H3. The summed E-state index contributed by atoms with van der Waals surface area (Å²) in [6, 6.07) is 10.6. The van der Waals surface area contributed by atoms with Gasteiger partial charge in [-0.3, -0.25) is 0 Å². The predicted molar refractivity (Wildman–Crippen MR) is 93.0 cm³/mol. The summed E-state index contributed by atoms with van der Waals surface area (Å²) in [5.41, 5.74) is 3.47. The highest BCUT2D eigenvalue weighted by Crippen LogP contribution is 2.20. The Kier molecular flexibility index (Phi) is 4.14. The Balaban J connectivity index is 1.93. The lowest BCUT2D eigenvalue weighted by Gasteiger charge is -2.21. The highest BCUT2D eigenvalue weighted by atomic mass is 15.4. The summed E-state index contributed by atoms with van der Waals surface area (Å²) in [5.74, 6) is 1.65. The van der Waals surface area contributed by atoms with Crippen LogP contribution in [0, 0.1) is 0 Å². The Bertz CT molecular complexity index is 808. The summed E-state index contributed by atoms with van der Waals surface area (Å²) in [5, 5.41) is 4.30. The Morgan fingerprint density at radius 3 is 2.70 bits per heavy atom. The molecule has 0 saturated carbocycles. The van der Waals surface area contributed by atoms with E-state index in [-0.39, 0.29) is 0 Å². The van der Waals surface area contributed by atoms with Gasteiger partial charge in [0.05, 0.1) is 0 Å². The average molecular weight is 310 g/mol. The van der Waals surface area contributed by atoms with Crippen molar-refractivity contribution in [3.63, 3.8) is 0 Å². The summed E-state index contributed by atoms with van der Waals surface area (Å²) in [4.78, 5) is 13.0. The SMILES string of the molecule is CCc1cc(N(C)Cc2cccc(N(C)C)c2)n2ncnc2n1. The lowest BCUT2D eigenvalue weighted by atomic mass is 10.2. The first-order valence-electron chi connectivity index (χ1n) is 7.75. The van der Waals surface area contributed by atoms with Gasteiger partial charge in [-0.05, 0) is 24.1 Å². The van der Waals surface area contributed by atoms with Crippen LogP contribution in [0.4, 0.5) is 11.5 Å². The van der Waals surface area contributed by atoms with E-state index in [2.05, 4.69) is 83.3 Å². The van der Waals surface area contributed by atoms with E-state index in [0.29, 0.717) is 5.78 Å². The van der Waals surface area contributed by atoms with E-state index in [0.717, 1.165) is 24.5 Å². The van der Waals surface area contributed by atoms with Crippen molar-refractivity contribution >= 4 is 17.3 Å². The summed E-state index contributed by atoms with van der Waals surface area (Å²) in [6.07, 6.45) is 2.42. The monoisotopic (exact) mass is 310 g/mol. The molecule has 0 radical (unpaired) electrons. The molecular formula is C17H22N6. The molecule has 0 unspecified atom stereocenters. The second-order valence-corrected chi connectivity index (χ2v) is 5.85. The molecule has 120 valence electrons. The van der Waals surface area contributed by atoms with E-state index < -0.39 is 0 Å². The van der Waals surface area contributed by atoms with E-state index in [1.165, 1.54) is 11.3 Å². The fourth-order valence-electron chi connectivity index (χ4n) is 2.59. The number of hydrogen-bond donors (Lipinski definition) is 0. The Morgan fingerprint density at radius 1 is 1.13 bits per heavy atom. The first kappa shape index (κ1) is 15.3. The van der Waals surface area contributed by atoms with Gasteiger partial charge < -0.3 is 9.80 Å². The van der Waals surface area contributed by atoms with E-state index in [9.17, 15) is 0 Å². The molecule has 0 amide bonds. The molecule has 0 aliphatic rings. The molecule has 0 N–H and O–H groups in total. The molecule has 0 spiro atoms. The first-order valence-corrected chi connectivity index (χ1v) is 7.75. The maximum absolute atomic E-state index is 4.50. The van der Waals surface area contributed by atoms with Crippen molar-refractivity contribution in [2.75, 3.05) is 30.9 Å². The largest absolute Gasteiger partial charge is 0.378 e. The summed E-state index contributed by atoms with van der Waals surface area (Å²) < 4.78 is 1.79.